The van der Waals surface area contributed by atoms with Gasteiger partial charge in [0.25, 0.3) is 5.91 Å². The third-order valence-corrected chi connectivity index (χ3v) is 5.61. The zero-order valence-electron chi connectivity index (χ0n) is 19.0. The highest BCUT2D eigenvalue weighted by Crippen LogP contribution is 2.27. The van der Waals surface area contributed by atoms with E-state index in [4.69, 9.17) is 4.74 Å². The Kier molecular flexibility index (Phi) is 7.64. The largest absolute Gasteiger partial charge is 0.490 e. The summed E-state index contributed by atoms with van der Waals surface area (Å²) in [7, 11) is 0. The summed E-state index contributed by atoms with van der Waals surface area (Å²) in [5.41, 5.74) is 2.93. The van der Waals surface area contributed by atoms with E-state index >= 15 is 0 Å². The van der Waals surface area contributed by atoms with E-state index in [0.29, 0.717) is 17.0 Å². The van der Waals surface area contributed by atoms with Gasteiger partial charge in [0.2, 0.25) is 5.91 Å². The molecular weight excluding hydrogens is 422 g/mol. The summed E-state index contributed by atoms with van der Waals surface area (Å²) in [6.07, 6.45) is 1.68. The summed E-state index contributed by atoms with van der Waals surface area (Å²) in [4.78, 5) is 29.7. The second kappa shape index (κ2) is 10.4. The number of hydrogen-bond acceptors (Lipinski definition) is 5. The lowest BCUT2D eigenvalue weighted by Gasteiger charge is -2.19. The fourth-order valence-electron chi connectivity index (χ4n) is 3.09. The first-order valence-corrected chi connectivity index (χ1v) is 11.5. The second-order valence-electron chi connectivity index (χ2n) is 8.18. The number of nitrogens with one attached hydrogen (secondary N) is 2. The summed E-state index contributed by atoms with van der Waals surface area (Å²) in [6, 6.07) is 12.9. The minimum atomic E-state index is -0.270. The molecule has 168 valence electrons. The maximum atomic E-state index is 13.2. The molecule has 1 heterocycles. The number of ether oxygens (including phenoxy) is 1. The third kappa shape index (κ3) is 5.95. The number of benzene rings is 2. The average Bonchev–Trinajstić information content (AvgIpc) is 3.29. The first-order valence-electron chi connectivity index (χ1n) is 10.7. The van der Waals surface area contributed by atoms with Crippen LogP contribution < -0.4 is 15.4 Å². The predicted molar refractivity (Wildman–Crippen MR) is 129 cm³/mol. The van der Waals surface area contributed by atoms with Crippen LogP contribution >= 0.6 is 11.3 Å². The highest BCUT2D eigenvalue weighted by molar-refractivity contribution is 7.13. The van der Waals surface area contributed by atoms with Crippen molar-refractivity contribution in [1.29, 1.82) is 0 Å². The molecule has 32 heavy (non-hydrogen) atoms. The smallest absolute Gasteiger partial charge is 0.255 e. The molecule has 0 spiro atoms. The van der Waals surface area contributed by atoms with Gasteiger partial charge in [0.1, 0.15) is 10.8 Å². The Hall–Kier alpha value is -3.19. The Labute approximate surface area is 193 Å². The third-order valence-electron chi connectivity index (χ3n) is 4.79. The molecule has 0 fully saturated rings. The van der Waals surface area contributed by atoms with E-state index in [9.17, 15) is 9.59 Å². The fraction of sp³-hybridized carbons (Fsp3) is 0.320. The van der Waals surface area contributed by atoms with Crippen molar-refractivity contribution in [3.63, 3.8) is 0 Å². The summed E-state index contributed by atoms with van der Waals surface area (Å²) < 4.78 is 5.85. The molecule has 0 saturated heterocycles. The van der Waals surface area contributed by atoms with E-state index in [1.54, 1.807) is 35.7 Å². The molecule has 0 radical (unpaired) electrons. The van der Waals surface area contributed by atoms with E-state index < -0.39 is 0 Å². The second-order valence-corrected chi connectivity index (χ2v) is 9.07. The number of carbonyl (C=O) groups excluding carboxylic acids is 2. The van der Waals surface area contributed by atoms with Gasteiger partial charge in [-0.25, -0.2) is 4.98 Å². The maximum absolute atomic E-state index is 13.2. The summed E-state index contributed by atoms with van der Waals surface area (Å²) >= 11 is 1.57. The van der Waals surface area contributed by atoms with Gasteiger partial charge in [-0.3, -0.25) is 9.59 Å². The number of nitrogens with zero attached hydrogens (tertiary/aromatic N) is 1. The van der Waals surface area contributed by atoms with Crippen LogP contribution in [0.5, 0.6) is 5.75 Å². The highest BCUT2D eigenvalue weighted by Gasteiger charge is 2.19. The Morgan fingerprint density at radius 2 is 1.81 bits per heavy atom. The predicted octanol–water partition coefficient (Wildman–Crippen LogP) is 5.68. The lowest BCUT2D eigenvalue weighted by Crippen LogP contribution is -2.28. The number of carbonyl (C=O) groups is 2. The standard InChI is InChI=1S/C25H29N3O3S/c1-15(2)23(29)28-20-9-10-22(31-16(3)4)21(14-20)24(30)27-17(5)18-7-6-8-19(13-18)25-26-11-12-32-25/h6-17H,1-5H3,(H,27,30)(H,28,29). The average molecular weight is 452 g/mol. The summed E-state index contributed by atoms with van der Waals surface area (Å²) in [5, 5.41) is 8.77. The number of anilines is 1. The Bertz CT molecular complexity index is 1080. The Morgan fingerprint density at radius 3 is 2.47 bits per heavy atom. The maximum Gasteiger partial charge on any atom is 0.255 e. The van der Waals surface area contributed by atoms with Crippen molar-refractivity contribution in [1.82, 2.24) is 10.3 Å². The van der Waals surface area contributed by atoms with Crippen LogP contribution in [-0.4, -0.2) is 22.9 Å². The first-order chi connectivity index (χ1) is 15.2. The van der Waals surface area contributed by atoms with Crippen LogP contribution in [0, 0.1) is 5.92 Å². The van der Waals surface area contributed by atoms with Crippen LogP contribution in [0.1, 0.15) is 56.6 Å². The summed E-state index contributed by atoms with van der Waals surface area (Å²) in [6.45, 7) is 9.39. The molecule has 2 aromatic carbocycles. The van der Waals surface area contributed by atoms with Gasteiger partial charge in [-0.15, -0.1) is 11.3 Å². The zero-order valence-corrected chi connectivity index (χ0v) is 19.8. The molecule has 0 aliphatic carbocycles. The summed E-state index contributed by atoms with van der Waals surface area (Å²) in [5.74, 6) is -0.0671. The van der Waals surface area contributed by atoms with Crippen LogP contribution in [0.2, 0.25) is 0 Å². The molecule has 3 aromatic rings. The van der Waals surface area contributed by atoms with Crippen molar-refractivity contribution in [3.05, 3.63) is 65.2 Å². The van der Waals surface area contributed by atoms with E-state index in [2.05, 4.69) is 15.6 Å². The van der Waals surface area contributed by atoms with Gasteiger partial charge in [-0.2, -0.15) is 0 Å². The number of amides is 2. The first kappa shape index (κ1) is 23.5. The normalized spacial score (nSPS) is 12.0. The van der Waals surface area contributed by atoms with E-state index in [-0.39, 0.29) is 29.9 Å². The lowest BCUT2D eigenvalue weighted by molar-refractivity contribution is -0.118. The van der Waals surface area contributed by atoms with Crippen LogP contribution in [0.3, 0.4) is 0 Å². The van der Waals surface area contributed by atoms with Gasteiger partial charge in [0.15, 0.2) is 0 Å². The van der Waals surface area contributed by atoms with Crippen molar-refractivity contribution < 1.29 is 14.3 Å². The van der Waals surface area contributed by atoms with Gasteiger partial charge in [0.05, 0.1) is 17.7 Å². The lowest BCUT2D eigenvalue weighted by atomic mass is 10.0. The molecule has 1 unspecified atom stereocenters. The molecule has 0 aliphatic heterocycles. The monoisotopic (exact) mass is 451 g/mol. The highest BCUT2D eigenvalue weighted by atomic mass is 32.1. The van der Waals surface area contributed by atoms with E-state index in [1.807, 2.05) is 64.3 Å². The molecule has 7 heteroatoms. The van der Waals surface area contributed by atoms with Crippen LogP contribution in [0.25, 0.3) is 10.6 Å². The minimum Gasteiger partial charge on any atom is -0.490 e. The zero-order chi connectivity index (χ0) is 23.3. The van der Waals surface area contributed by atoms with Crippen LogP contribution in [0.15, 0.2) is 54.0 Å². The molecule has 1 atom stereocenters. The fourth-order valence-corrected chi connectivity index (χ4v) is 3.73. The van der Waals surface area contributed by atoms with Crippen LogP contribution in [-0.2, 0) is 4.79 Å². The van der Waals surface area contributed by atoms with Gasteiger partial charge in [0, 0.05) is 28.7 Å². The number of hydrogen-bond donors (Lipinski definition) is 2. The van der Waals surface area contributed by atoms with Crippen molar-refractivity contribution >= 4 is 28.8 Å². The topological polar surface area (TPSA) is 80.3 Å². The number of thiazole rings is 1. The van der Waals surface area contributed by atoms with Gasteiger partial charge < -0.3 is 15.4 Å². The molecule has 6 nitrogen and oxygen atoms in total. The quantitative estimate of drug-likeness (QED) is 0.461. The van der Waals surface area contributed by atoms with Gasteiger partial charge in [-0.05, 0) is 50.6 Å². The van der Waals surface area contributed by atoms with E-state index in [1.165, 1.54) is 0 Å². The van der Waals surface area contributed by atoms with Crippen molar-refractivity contribution in [3.8, 4) is 16.3 Å². The van der Waals surface area contributed by atoms with Gasteiger partial charge >= 0.3 is 0 Å². The molecule has 3 rings (SSSR count). The Morgan fingerprint density at radius 1 is 1.03 bits per heavy atom. The van der Waals surface area contributed by atoms with Crippen molar-refractivity contribution in [2.75, 3.05) is 5.32 Å². The molecule has 2 amide bonds. The van der Waals surface area contributed by atoms with Crippen molar-refractivity contribution in [2.24, 2.45) is 5.92 Å². The SMILES string of the molecule is CC(C)Oc1ccc(NC(=O)C(C)C)cc1C(=O)NC(C)c1cccc(-c2nccs2)c1. The van der Waals surface area contributed by atoms with Gasteiger partial charge in [-0.1, -0.05) is 32.0 Å². The molecule has 0 aliphatic rings. The molecule has 1 aromatic heterocycles. The Balaban J connectivity index is 1.83. The van der Waals surface area contributed by atoms with E-state index in [0.717, 1.165) is 16.1 Å². The number of aromatic nitrogens is 1. The number of rotatable bonds is 8. The van der Waals surface area contributed by atoms with Crippen LogP contribution in [0.4, 0.5) is 5.69 Å². The molecule has 0 saturated carbocycles. The van der Waals surface area contributed by atoms with Crippen molar-refractivity contribution in [2.45, 2.75) is 46.8 Å². The molecule has 0 bridgehead atoms. The molecule has 2 N–H and O–H groups in total. The molecular formula is C25H29N3O3S. The minimum absolute atomic E-state index is 0.0925.